The number of hydrogen-bond acceptors (Lipinski definition) is 3. The van der Waals surface area contributed by atoms with Crippen molar-refractivity contribution in [1.82, 2.24) is 5.32 Å². The van der Waals surface area contributed by atoms with Gasteiger partial charge in [-0.1, -0.05) is 37.3 Å². The predicted octanol–water partition coefficient (Wildman–Crippen LogP) is 2.91. The Balaban J connectivity index is 1.88. The Morgan fingerprint density at radius 3 is 2.62 bits per heavy atom. The second-order valence-corrected chi connectivity index (χ2v) is 9.11. The molecule has 0 unspecified atom stereocenters. The van der Waals surface area contributed by atoms with Gasteiger partial charge in [-0.15, -0.1) is 0 Å². The fraction of sp³-hybridized carbons (Fsp3) is 0.647. The van der Waals surface area contributed by atoms with E-state index in [1.54, 1.807) is 0 Å². The Bertz CT molecular complexity index is 555. The molecule has 1 aliphatic rings. The van der Waals surface area contributed by atoms with E-state index < -0.39 is 9.84 Å². The van der Waals surface area contributed by atoms with E-state index in [1.807, 2.05) is 0 Å². The molecule has 3 atom stereocenters. The third-order valence-electron chi connectivity index (χ3n) is 4.65. The van der Waals surface area contributed by atoms with Gasteiger partial charge in [0.25, 0.3) is 0 Å². The van der Waals surface area contributed by atoms with Crippen molar-refractivity contribution >= 4 is 9.84 Å². The van der Waals surface area contributed by atoms with Gasteiger partial charge in [-0.3, -0.25) is 0 Å². The van der Waals surface area contributed by atoms with Crippen LogP contribution >= 0.6 is 0 Å². The van der Waals surface area contributed by atoms with E-state index in [4.69, 9.17) is 0 Å². The van der Waals surface area contributed by atoms with Crippen LogP contribution in [0.4, 0.5) is 0 Å². The highest BCUT2D eigenvalue weighted by Gasteiger charge is 2.36. The third-order valence-corrected chi connectivity index (χ3v) is 5.63. The molecule has 0 aliphatic heterocycles. The van der Waals surface area contributed by atoms with Gasteiger partial charge in [-0.25, -0.2) is 8.42 Å². The zero-order chi connectivity index (χ0) is 15.5. The topological polar surface area (TPSA) is 46.2 Å². The van der Waals surface area contributed by atoms with Crippen molar-refractivity contribution < 1.29 is 8.42 Å². The Labute approximate surface area is 129 Å². The van der Waals surface area contributed by atoms with Crippen LogP contribution in [-0.4, -0.2) is 32.5 Å². The minimum Gasteiger partial charge on any atom is -0.311 e. The lowest BCUT2D eigenvalue weighted by atomic mass is 9.81. The molecule has 2 rings (SSSR count). The number of rotatable bonds is 6. The standard InChI is InChI=1S/C17H27NO2S/c1-14(10-12-21(3,19)20)18-16-9-11-17(2,13-16)15-7-5-4-6-8-15/h4-8,14,16,18H,9-13H2,1-3H3/t14-,16-,17+/m1/s1. The largest absolute Gasteiger partial charge is 0.311 e. The molecule has 0 spiro atoms. The van der Waals surface area contributed by atoms with Gasteiger partial charge in [-0.2, -0.15) is 0 Å². The average molecular weight is 309 g/mol. The molecule has 21 heavy (non-hydrogen) atoms. The summed E-state index contributed by atoms with van der Waals surface area (Å²) in [5.74, 6) is 0.268. The van der Waals surface area contributed by atoms with Crippen LogP contribution in [0, 0.1) is 0 Å². The van der Waals surface area contributed by atoms with Crippen LogP contribution in [0.15, 0.2) is 30.3 Å². The van der Waals surface area contributed by atoms with E-state index in [1.165, 1.54) is 18.2 Å². The van der Waals surface area contributed by atoms with Crippen LogP contribution < -0.4 is 5.32 Å². The average Bonchev–Trinajstić information content (AvgIpc) is 2.80. The van der Waals surface area contributed by atoms with Crippen molar-refractivity contribution in [1.29, 1.82) is 0 Å². The molecule has 0 bridgehead atoms. The second-order valence-electron chi connectivity index (χ2n) is 6.85. The van der Waals surface area contributed by atoms with Crippen LogP contribution in [0.3, 0.4) is 0 Å². The highest BCUT2D eigenvalue weighted by molar-refractivity contribution is 7.90. The maximum atomic E-state index is 11.2. The van der Waals surface area contributed by atoms with Gasteiger partial charge in [0.05, 0.1) is 5.75 Å². The fourth-order valence-electron chi connectivity index (χ4n) is 3.36. The van der Waals surface area contributed by atoms with Crippen LogP contribution in [0.1, 0.15) is 45.1 Å². The molecule has 1 aliphatic carbocycles. The predicted molar refractivity (Wildman–Crippen MR) is 88.4 cm³/mol. The summed E-state index contributed by atoms with van der Waals surface area (Å²) in [4.78, 5) is 0. The Hall–Kier alpha value is -0.870. The first-order valence-electron chi connectivity index (χ1n) is 7.78. The van der Waals surface area contributed by atoms with E-state index in [0.29, 0.717) is 12.5 Å². The lowest BCUT2D eigenvalue weighted by Crippen LogP contribution is -2.37. The van der Waals surface area contributed by atoms with E-state index in [2.05, 4.69) is 49.5 Å². The summed E-state index contributed by atoms with van der Waals surface area (Å²) in [5.41, 5.74) is 1.66. The summed E-state index contributed by atoms with van der Waals surface area (Å²) < 4.78 is 22.5. The van der Waals surface area contributed by atoms with Crippen molar-refractivity contribution in [2.75, 3.05) is 12.0 Å². The first kappa shape index (κ1) is 16.5. The fourth-order valence-corrected chi connectivity index (χ4v) is 4.14. The van der Waals surface area contributed by atoms with E-state index in [-0.39, 0.29) is 17.2 Å². The van der Waals surface area contributed by atoms with Gasteiger partial charge < -0.3 is 5.32 Å². The van der Waals surface area contributed by atoms with Gasteiger partial charge in [-0.05, 0) is 43.6 Å². The highest BCUT2D eigenvalue weighted by atomic mass is 32.2. The summed E-state index contributed by atoms with van der Waals surface area (Å²) in [6, 6.07) is 11.5. The van der Waals surface area contributed by atoms with Crippen LogP contribution in [0.25, 0.3) is 0 Å². The normalized spacial score (nSPS) is 27.7. The summed E-state index contributed by atoms with van der Waals surface area (Å²) in [6.45, 7) is 4.43. The lowest BCUT2D eigenvalue weighted by molar-refractivity contribution is 0.412. The second kappa shape index (κ2) is 6.49. The number of sulfone groups is 1. The molecule has 118 valence electrons. The third kappa shape index (κ3) is 4.82. The molecule has 1 aromatic carbocycles. The van der Waals surface area contributed by atoms with Crippen molar-refractivity contribution in [2.24, 2.45) is 0 Å². The van der Waals surface area contributed by atoms with Crippen LogP contribution in [0.2, 0.25) is 0 Å². The first-order chi connectivity index (χ1) is 9.78. The smallest absolute Gasteiger partial charge is 0.147 e. The summed E-state index contributed by atoms with van der Waals surface area (Å²) in [5, 5.41) is 3.61. The van der Waals surface area contributed by atoms with Gasteiger partial charge in [0.1, 0.15) is 9.84 Å². The zero-order valence-electron chi connectivity index (χ0n) is 13.3. The van der Waals surface area contributed by atoms with E-state index in [9.17, 15) is 8.42 Å². The van der Waals surface area contributed by atoms with E-state index >= 15 is 0 Å². The lowest BCUT2D eigenvalue weighted by Gasteiger charge is -2.26. The molecule has 3 nitrogen and oxygen atoms in total. The minimum absolute atomic E-state index is 0.246. The molecule has 1 fully saturated rings. The number of hydrogen-bond donors (Lipinski definition) is 1. The molecule has 0 aromatic heterocycles. The quantitative estimate of drug-likeness (QED) is 0.879. The molecule has 1 N–H and O–H groups in total. The molecule has 4 heteroatoms. The van der Waals surface area contributed by atoms with Crippen molar-refractivity contribution in [3.63, 3.8) is 0 Å². The molecule has 0 saturated heterocycles. The molecule has 0 heterocycles. The molecule has 0 radical (unpaired) electrons. The molecular formula is C17H27NO2S. The van der Waals surface area contributed by atoms with E-state index in [0.717, 1.165) is 12.8 Å². The summed E-state index contributed by atoms with van der Waals surface area (Å²) in [6.07, 6.45) is 5.47. The number of nitrogens with one attached hydrogen (secondary N) is 1. The van der Waals surface area contributed by atoms with Gasteiger partial charge in [0, 0.05) is 18.3 Å². The monoisotopic (exact) mass is 309 g/mol. The van der Waals surface area contributed by atoms with Crippen LogP contribution in [-0.2, 0) is 15.3 Å². The highest BCUT2D eigenvalue weighted by Crippen LogP contribution is 2.40. The molecule has 1 aromatic rings. The van der Waals surface area contributed by atoms with Crippen LogP contribution in [0.5, 0.6) is 0 Å². The van der Waals surface area contributed by atoms with Gasteiger partial charge in [0.2, 0.25) is 0 Å². The zero-order valence-corrected chi connectivity index (χ0v) is 14.1. The van der Waals surface area contributed by atoms with Gasteiger partial charge >= 0.3 is 0 Å². The van der Waals surface area contributed by atoms with Crippen molar-refractivity contribution in [3.8, 4) is 0 Å². The Morgan fingerprint density at radius 1 is 1.33 bits per heavy atom. The van der Waals surface area contributed by atoms with Crippen molar-refractivity contribution in [2.45, 2.75) is 57.0 Å². The number of benzene rings is 1. The Morgan fingerprint density at radius 2 is 2.00 bits per heavy atom. The first-order valence-corrected chi connectivity index (χ1v) is 9.84. The molecule has 1 saturated carbocycles. The molecule has 0 amide bonds. The summed E-state index contributed by atoms with van der Waals surface area (Å²) >= 11 is 0. The maximum absolute atomic E-state index is 11.2. The SMILES string of the molecule is C[C@H](CCS(C)(=O)=O)N[C@@H]1CC[C@](C)(c2ccccc2)C1. The molecular weight excluding hydrogens is 282 g/mol. The Kier molecular flexibility index (Phi) is 5.10. The maximum Gasteiger partial charge on any atom is 0.147 e. The minimum atomic E-state index is -2.86. The van der Waals surface area contributed by atoms with Gasteiger partial charge in [0.15, 0.2) is 0 Å². The summed E-state index contributed by atoms with van der Waals surface area (Å²) in [7, 11) is -2.86. The van der Waals surface area contributed by atoms with Crippen molar-refractivity contribution in [3.05, 3.63) is 35.9 Å².